The van der Waals surface area contributed by atoms with Gasteiger partial charge in [0.05, 0.1) is 11.3 Å². The third-order valence-corrected chi connectivity index (χ3v) is 5.55. The van der Waals surface area contributed by atoms with Gasteiger partial charge < -0.3 is 32.3 Å². The zero-order valence-electron chi connectivity index (χ0n) is 14.9. The predicted molar refractivity (Wildman–Crippen MR) is 90.8 cm³/mol. The van der Waals surface area contributed by atoms with Gasteiger partial charge in [-0.15, -0.1) is 0 Å². The molecule has 5 rings (SSSR count). The minimum atomic E-state index is -0.185. The van der Waals surface area contributed by atoms with Gasteiger partial charge in [-0.25, -0.2) is 0 Å². The number of anilines is 1. The molecule has 4 aliphatic rings. The second-order valence-corrected chi connectivity index (χ2v) is 7.20. The van der Waals surface area contributed by atoms with E-state index in [4.69, 9.17) is 16.3 Å². The van der Waals surface area contributed by atoms with Gasteiger partial charge in [-0.3, -0.25) is 9.59 Å². The third-order valence-electron chi connectivity index (χ3n) is 5.33. The number of carbonyl (C=O) groups is 2. The molecule has 1 atom stereocenters. The normalized spacial score (nSPS) is 26.2. The average Bonchev–Trinajstić information content (AvgIpc) is 2.59. The number of nitrogens with one attached hydrogen (secondary N) is 1. The van der Waals surface area contributed by atoms with Crippen molar-refractivity contribution in [2.24, 2.45) is 5.92 Å². The number of nitrogens with zero attached hydrogens (tertiary/aromatic N) is 2. The summed E-state index contributed by atoms with van der Waals surface area (Å²) in [5.41, 5.74) is 0.936. The summed E-state index contributed by atoms with van der Waals surface area (Å²) in [5.74, 6) is 0.628. The van der Waals surface area contributed by atoms with Crippen molar-refractivity contribution in [3.8, 4) is 5.75 Å². The van der Waals surface area contributed by atoms with E-state index in [0.29, 0.717) is 27.9 Å². The van der Waals surface area contributed by atoms with Crippen molar-refractivity contribution in [3.63, 3.8) is 0 Å². The van der Waals surface area contributed by atoms with E-state index >= 15 is 0 Å². The molecule has 1 N–H and O–H groups in total. The van der Waals surface area contributed by atoms with Gasteiger partial charge in [0.2, 0.25) is 0 Å². The number of ether oxygens (including phenoxy) is 1. The second-order valence-electron chi connectivity index (χ2n) is 6.76. The number of hydrogen-bond acceptors (Lipinski definition) is 4. The first-order chi connectivity index (χ1) is 11.5. The fourth-order valence-corrected chi connectivity index (χ4v) is 4.10. The number of halogens is 2. The maximum absolute atomic E-state index is 12.8. The Balaban J connectivity index is 0.00000121. The molecule has 4 heterocycles. The Bertz CT molecular complexity index is 711. The van der Waals surface area contributed by atoms with Crippen LogP contribution in [0.25, 0.3) is 0 Å². The van der Waals surface area contributed by atoms with Crippen LogP contribution in [0, 0.1) is 5.92 Å². The Morgan fingerprint density at radius 1 is 1.31 bits per heavy atom. The summed E-state index contributed by atoms with van der Waals surface area (Å²) in [6, 6.07) is 3.43. The van der Waals surface area contributed by atoms with Crippen molar-refractivity contribution in [1.82, 2.24) is 10.2 Å². The molecule has 4 aliphatic heterocycles. The van der Waals surface area contributed by atoms with E-state index in [0.717, 1.165) is 32.5 Å². The molecule has 0 saturated carbocycles. The molecule has 0 aromatic heterocycles. The van der Waals surface area contributed by atoms with Gasteiger partial charge >= 0.3 is 29.6 Å². The summed E-state index contributed by atoms with van der Waals surface area (Å²) in [6.07, 6.45) is 2.26. The van der Waals surface area contributed by atoms with Crippen LogP contribution in [0.3, 0.4) is 0 Å². The molecule has 1 aromatic rings. The number of fused-ring (bicyclic) bond motifs is 4. The van der Waals surface area contributed by atoms with Crippen LogP contribution in [0.5, 0.6) is 5.75 Å². The molecule has 6 nitrogen and oxygen atoms in total. The molecular weight excluding hydrogens is 388 g/mol. The largest absolute Gasteiger partial charge is 1.00 e. The minimum absolute atomic E-state index is 0. The summed E-state index contributed by atoms with van der Waals surface area (Å²) in [6.45, 7) is 3.09. The molecule has 0 radical (unpaired) electrons. The number of carbonyl (C=O) groups excluding carboxylic acids is 2. The molecule has 136 valence electrons. The van der Waals surface area contributed by atoms with Gasteiger partial charge in [-0.1, -0.05) is 11.6 Å². The van der Waals surface area contributed by atoms with Crippen LogP contribution >= 0.6 is 11.6 Å². The number of amides is 2. The molecular formula is C17H20Cl2N3NaO3. The summed E-state index contributed by atoms with van der Waals surface area (Å²) in [4.78, 5) is 28.5. The van der Waals surface area contributed by atoms with Crippen LogP contribution in [0.15, 0.2) is 12.1 Å². The van der Waals surface area contributed by atoms with E-state index in [1.165, 1.54) is 4.90 Å². The Hall–Kier alpha value is -0.500. The molecule has 26 heavy (non-hydrogen) atoms. The Morgan fingerprint density at radius 2 is 2.00 bits per heavy atom. The summed E-state index contributed by atoms with van der Waals surface area (Å²) in [5, 5.41) is 3.56. The van der Waals surface area contributed by atoms with Crippen LogP contribution in [0.2, 0.25) is 5.02 Å². The quantitative estimate of drug-likeness (QED) is 0.502. The van der Waals surface area contributed by atoms with E-state index in [9.17, 15) is 9.59 Å². The number of likely N-dealkylation sites (N-methyl/N-ethyl adjacent to an activating group) is 1. The van der Waals surface area contributed by atoms with Gasteiger partial charge in [-0.05, 0) is 44.0 Å². The van der Waals surface area contributed by atoms with Crippen molar-refractivity contribution in [2.75, 3.05) is 38.2 Å². The van der Waals surface area contributed by atoms with Crippen molar-refractivity contribution in [3.05, 3.63) is 22.7 Å². The van der Waals surface area contributed by atoms with Crippen molar-refractivity contribution >= 4 is 29.1 Å². The molecule has 2 bridgehead atoms. The molecule has 1 unspecified atom stereocenters. The fraction of sp³-hybridized carbons (Fsp3) is 0.529. The molecule has 2 amide bonds. The Kier molecular flexibility index (Phi) is 7.27. The number of hydrogen-bond donors (Lipinski definition) is 1. The van der Waals surface area contributed by atoms with Crippen LogP contribution < -0.4 is 56.9 Å². The van der Waals surface area contributed by atoms with E-state index in [2.05, 4.69) is 10.2 Å². The molecule has 3 fully saturated rings. The number of piperidine rings is 3. The van der Waals surface area contributed by atoms with Gasteiger partial charge in [0.15, 0.2) is 12.4 Å². The first kappa shape index (κ1) is 21.8. The van der Waals surface area contributed by atoms with Crippen LogP contribution in [0.4, 0.5) is 5.69 Å². The Labute approximate surface area is 186 Å². The van der Waals surface area contributed by atoms with E-state index in [1.807, 2.05) is 0 Å². The number of benzene rings is 1. The van der Waals surface area contributed by atoms with E-state index in [-0.39, 0.29) is 66.4 Å². The van der Waals surface area contributed by atoms with Crippen molar-refractivity contribution in [2.45, 2.75) is 18.9 Å². The van der Waals surface area contributed by atoms with Crippen LogP contribution in [-0.2, 0) is 4.79 Å². The van der Waals surface area contributed by atoms with Crippen molar-refractivity contribution < 1.29 is 56.3 Å². The molecule has 1 aromatic carbocycles. The summed E-state index contributed by atoms with van der Waals surface area (Å²) < 4.78 is 5.54. The summed E-state index contributed by atoms with van der Waals surface area (Å²) in [7, 11) is 1.66. The average molecular weight is 408 g/mol. The van der Waals surface area contributed by atoms with Gasteiger partial charge in [0.1, 0.15) is 0 Å². The Morgan fingerprint density at radius 3 is 2.62 bits per heavy atom. The maximum atomic E-state index is 12.8. The smallest absolute Gasteiger partial charge is 1.00 e. The summed E-state index contributed by atoms with van der Waals surface area (Å²) >= 11 is 6.16. The monoisotopic (exact) mass is 407 g/mol. The molecule has 9 heteroatoms. The molecule has 0 spiro atoms. The fourth-order valence-electron chi connectivity index (χ4n) is 3.89. The SMILES string of the molecule is CN1C(=O)COc2c(C(=O)NC3CN4CCC3CC4)cc(Cl)cc21.[Cl-].[Na+]. The predicted octanol–water partition coefficient (Wildman–Crippen LogP) is -4.47. The minimum Gasteiger partial charge on any atom is -1.00 e. The number of rotatable bonds is 2. The maximum Gasteiger partial charge on any atom is 1.00 e. The van der Waals surface area contributed by atoms with Gasteiger partial charge in [0, 0.05) is 24.7 Å². The topological polar surface area (TPSA) is 61.9 Å². The standard InChI is InChI=1S/C17H20ClN3O3.ClH.Na/c1-20-14-7-11(18)6-12(16(14)24-9-15(20)22)17(23)19-13-8-21-4-2-10(13)3-5-21;;/h6-7,10,13H,2-5,8-9H2,1H3,(H,19,23);1H;/q;;+1/p-1. The third kappa shape index (κ3) is 4.01. The van der Waals surface area contributed by atoms with Gasteiger partial charge in [-0.2, -0.15) is 0 Å². The van der Waals surface area contributed by atoms with Gasteiger partial charge in [0.25, 0.3) is 11.8 Å². The zero-order chi connectivity index (χ0) is 16.8. The zero-order valence-corrected chi connectivity index (χ0v) is 18.4. The second kappa shape index (κ2) is 8.67. The first-order valence-corrected chi connectivity index (χ1v) is 8.67. The molecule has 0 aliphatic carbocycles. The van der Waals surface area contributed by atoms with E-state index < -0.39 is 0 Å². The van der Waals surface area contributed by atoms with Crippen LogP contribution in [-0.4, -0.2) is 56.0 Å². The van der Waals surface area contributed by atoms with E-state index in [1.54, 1.807) is 19.2 Å². The van der Waals surface area contributed by atoms with Crippen LogP contribution in [0.1, 0.15) is 23.2 Å². The first-order valence-electron chi connectivity index (χ1n) is 8.29. The van der Waals surface area contributed by atoms with Crippen molar-refractivity contribution in [1.29, 1.82) is 0 Å². The molecule has 3 saturated heterocycles.